The van der Waals surface area contributed by atoms with Gasteiger partial charge in [0, 0.05) is 17.1 Å². The second-order valence-corrected chi connectivity index (χ2v) is 12.0. The highest BCUT2D eigenvalue weighted by molar-refractivity contribution is 9.10. The molecule has 2 amide bonds. The maximum absolute atomic E-state index is 13.6. The molecule has 1 aliphatic carbocycles. The summed E-state index contributed by atoms with van der Waals surface area (Å²) in [5, 5.41) is 3.09. The van der Waals surface area contributed by atoms with Crippen molar-refractivity contribution in [3.63, 3.8) is 0 Å². The van der Waals surface area contributed by atoms with Gasteiger partial charge in [-0.1, -0.05) is 47.3 Å². The average Bonchev–Trinajstić information content (AvgIpc) is 2.86. The fourth-order valence-electron chi connectivity index (χ4n) is 4.30. The van der Waals surface area contributed by atoms with Crippen molar-refractivity contribution in [1.29, 1.82) is 0 Å². The van der Waals surface area contributed by atoms with Gasteiger partial charge in [-0.15, -0.1) is 0 Å². The van der Waals surface area contributed by atoms with Crippen LogP contribution in [0.4, 0.5) is 5.69 Å². The van der Waals surface area contributed by atoms with Crippen LogP contribution in [0.3, 0.4) is 0 Å². The minimum atomic E-state index is -3.76. The van der Waals surface area contributed by atoms with Gasteiger partial charge >= 0.3 is 0 Å². The van der Waals surface area contributed by atoms with Gasteiger partial charge in [-0.2, -0.15) is 0 Å². The average molecular weight is 581 g/mol. The highest BCUT2D eigenvalue weighted by Crippen LogP contribution is 2.23. The third-order valence-electron chi connectivity index (χ3n) is 6.42. The summed E-state index contributed by atoms with van der Waals surface area (Å²) in [6.45, 7) is 1.42. The van der Waals surface area contributed by atoms with Gasteiger partial charge in [0.25, 0.3) is 0 Å². The molecule has 0 heterocycles. The fourth-order valence-corrected chi connectivity index (χ4v) is 5.41. The van der Waals surface area contributed by atoms with Crippen LogP contribution < -0.4 is 14.4 Å². The topological polar surface area (TPSA) is 96.0 Å². The molecule has 0 saturated heterocycles. The van der Waals surface area contributed by atoms with Crippen molar-refractivity contribution in [2.24, 2.45) is 0 Å². The Bertz CT molecular complexity index is 1130. The van der Waals surface area contributed by atoms with E-state index < -0.39 is 28.5 Å². The number of methoxy groups -OCH3 is 1. The van der Waals surface area contributed by atoms with Gasteiger partial charge in [0.15, 0.2) is 0 Å². The number of amides is 2. The smallest absolute Gasteiger partial charge is 0.244 e. The first-order chi connectivity index (χ1) is 17.1. The van der Waals surface area contributed by atoms with Crippen LogP contribution in [0.25, 0.3) is 0 Å². The summed E-state index contributed by atoms with van der Waals surface area (Å²) in [5.74, 6) is -0.0260. The lowest BCUT2D eigenvalue weighted by molar-refractivity contribution is -0.139. The first-order valence-electron chi connectivity index (χ1n) is 12.0. The molecular formula is C26H34BrN3O5S. The summed E-state index contributed by atoms with van der Waals surface area (Å²) in [6.07, 6.45) is 6.23. The molecule has 2 aromatic carbocycles. The number of carbonyl (C=O) groups is 2. The van der Waals surface area contributed by atoms with Crippen LogP contribution in [0.2, 0.25) is 0 Å². The lowest BCUT2D eigenvalue weighted by Gasteiger charge is -2.33. The Morgan fingerprint density at radius 2 is 1.67 bits per heavy atom. The number of anilines is 1. The summed E-state index contributed by atoms with van der Waals surface area (Å²) in [4.78, 5) is 28.2. The summed E-state index contributed by atoms with van der Waals surface area (Å²) >= 11 is 3.35. The number of halogens is 1. The van der Waals surface area contributed by atoms with Gasteiger partial charge in [0.2, 0.25) is 21.8 Å². The van der Waals surface area contributed by atoms with Gasteiger partial charge in [-0.05, 0) is 61.7 Å². The zero-order chi connectivity index (χ0) is 26.3. The second kappa shape index (κ2) is 12.6. The van der Waals surface area contributed by atoms with Crippen LogP contribution in [0.5, 0.6) is 5.75 Å². The maximum Gasteiger partial charge on any atom is 0.244 e. The molecule has 0 aliphatic heterocycles. The van der Waals surface area contributed by atoms with Crippen molar-refractivity contribution in [1.82, 2.24) is 10.2 Å². The van der Waals surface area contributed by atoms with Crippen LogP contribution in [0.15, 0.2) is 53.0 Å². The van der Waals surface area contributed by atoms with Crippen LogP contribution in [-0.4, -0.2) is 57.1 Å². The molecule has 196 valence electrons. The second-order valence-electron chi connectivity index (χ2n) is 9.14. The highest BCUT2D eigenvalue weighted by atomic mass is 79.9. The number of nitrogens with zero attached hydrogens (tertiary/aromatic N) is 2. The van der Waals surface area contributed by atoms with Crippen LogP contribution in [0.1, 0.15) is 44.6 Å². The third-order valence-corrected chi connectivity index (χ3v) is 8.09. The number of nitrogens with one attached hydrogen (secondary N) is 1. The monoisotopic (exact) mass is 579 g/mol. The number of sulfonamides is 1. The van der Waals surface area contributed by atoms with E-state index in [0.717, 1.165) is 46.3 Å². The van der Waals surface area contributed by atoms with E-state index in [1.807, 2.05) is 12.1 Å². The molecule has 1 N–H and O–H groups in total. The summed E-state index contributed by atoms with van der Waals surface area (Å²) < 4.78 is 32.3. The van der Waals surface area contributed by atoms with E-state index in [1.165, 1.54) is 11.3 Å². The number of rotatable bonds is 10. The number of benzene rings is 2. The van der Waals surface area contributed by atoms with Gasteiger partial charge in [0.1, 0.15) is 18.3 Å². The number of hydrogen-bond acceptors (Lipinski definition) is 5. The SMILES string of the molecule is COc1ccc(CN(C(=O)CN(c2ccc(Br)cc2)S(C)(=O)=O)[C@@H](C)C(=O)NC2CCCCC2)cc1. The quantitative estimate of drug-likeness (QED) is 0.457. The molecule has 0 unspecified atom stereocenters. The molecule has 0 bridgehead atoms. The number of ether oxygens (including phenoxy) is 1. The standard InChI is InChI=1S/C26H34BrN3O5S/c1-19(26(32)28-22-7-5-4-6-8-22)29(17-20-9-15-24(35-2)16-10-20)25(31)18-30(36(3,33)34)23-13-11-21(27)12-14-23/h9-16,19,22H,4-8,17-18H2,1-3H3,(H,28,32)/t19-/m0/s1. The van der Waals surface area contributed by atoms with Gasteiger partial charge in [0.05, 0.1) is 19.1 Å². The Morgan fingerprint density at radius 3 is 2.22 bits per heavy atom. The summed E-state index contributed by atoms with van der Waals surface area (Å²) in [6, 6.07) is 13.2. The van der Waals surface area contributed by atoms with Gasteiger partial charge in [-0.3, -0.25) is 13.9 Å². The normalized spacial score (nSPS) is 15.1. The summed E-state index contributed by atoms with van der Waals surface area (Å²) in [7, 11) is -2.18. The number of hydrogen-bond donors (Lipinski definition) is 1. The fraction of sp³-hybridized carbons (Fsp3) is 0.462. The molecular weight excluding hydrogens is 546 g/mol. The van der Waals surface area contributed by atoms with Crippen molar-refractivity contribution in [3.05, 3.63) is 58.6 Å². The zero-order valence-electron chi connectivity index (χ0n) is 20.9. The molecule has 0 aromatic heterocycles. The predicted octanol–water partition coefficient (Wildman–Crippen LogP) is 4.09. The zero-order valence-corrected chi connectivity index (χ0v) is 23.3. The Hall–Kier alpha value is -2.59. The van der Waals surface area contributed by atoms with Crippen LogP contribution >= 0.6 is 15.9 Å². The van der Waals surface area contributed by atoms with Crippen molar-refractivity contribution >= 4 is 43.5 Å². The van der Waals surface area contributed by atoms with E-state index in [4.69, 9.17) is 4.74 Å². The molecule has 0 spiro atoms. The molecule has 1 aliphatic rings. The Morgan fingerprint density at radius 1 is 1.06 bits per heavy atom. The molecule has 0 radical (unpaired) electrons. The first-order valence-corrected chi connectivity index (χ1v) is 14.7. The largest absolute Gasteiger partial charge is 0.497 e. The Balaban J connectivity index is 1.85. The van der Waals surface area contributed by atoms with Crippen molar-refractivity contribution in [3.8, 4) is 5.75 Å². The lowest BCUT2D eigenvalue weighted by atomic mass is 9.95. The Labute approximate surface area is 222 Å². The minimum Gasteiger partial charge on any atom is -0.497 e. The van der Waals surface area contributed by atoms with E-state index in [-0.39, 0.29) is 18.5 Å². The molecule has 36 heavy (non-hydrogen) atoms. The highest BCUT2D eigenvalue weighted by Gasteiger charge is 2.31. The van der Waals surface area contributed by atoms with Crippen molar-refractivity contribution in [2.45, 2.75) is 57.7 Å². The molecule has 8 nitrogen and oxygen atoms in total. The van der Waals surface area contributed by atoms with E-state index in [0.29, 0.717) is 11.4 Å². The maximum atomic E-state index is 13.6. The third kappa shape index (κ3) is 7.70. The molecule has 1 saturated carbocycles. The van der Waals surface area contributed by atoms with E-state index >= 15 is 0 Å². The van der Waals surface area contributed by atoms with Crippen LogP contribution in [0, 0.1) is 0 Å². The lowest BCUT2D eigenvalue weighted by Crippen LogP contribution is -2.52. The minimum absolute atomic E-state index is 0.0990. The molecule has 2 aromatic rings. The van der Waals surface area contributed by atoms with E-state index in [9.17, 15) is 18.0 Å². The van der Waals surface area contributed by atoms with Crippen molar-refractivity contribution < 1.29 is 22.7 Å². The first kappa shape index (κ1) is 28.0. The van der Waals surface area contributed by atoms with Gasteiger partial charge in [-0.25, -0.2) is 8.42 Å². The number of carbonyl (C=O) groups excluding carboxylic acids is 2. The molecule has 1 fully saturated rings. The molecule has 1 atom stereocenters. The summed E-state index contributed by atoms with van der Waals surface area (Å²) in [5.41, 5.74) is 1.17. The molecule has 3 rings (SSSR count). The Kier molecular flexibility index (Phi) is 9.78. The van der Waals surface area contributed by atoms with Gasteiger partial charge < -0.3 is 15.0 Å². The van der Waals surface area contributed by atoms with E-state index in [1.54, 1.807) is 50.4 Å². The van der Waals surface area contributed by atoms with Crippen molar-refractivity contribution in [2.75, 3.05) is 24.2 Å². The molecule has 10 heteroatoms. The van der Waals surface area contributed by atoms with E-state index in [2.05, 4.69) is 21.2 Å². The van der Waals surface area contributed by atoms with Crippen LogP contribution in [-0.2, 0) is 26.2 Å². The predicted molar refractivity (Wildman–Crippen MR) is 144 cm³/mol.